The predicted molar refractivity (Wildman–Crippen MR) is 40.5 cm³/mol. The van der Waals surface area contributed by atoms with Crippen LogP contribution in [0.4, 0.5) is 5.69 Å². The van der Waals surface area contributed by atoms with Crippen molar-refractivity contribution in [2.24, 2.45) is 0 Å². The van der Waals surface area contributed by atoms with Gasteiger partial charge in [0.25, 0.3) is 0 Å². The van der Waals surface area contributed by atoms with Crippen molar-refractivity contribution in [2.45, 2.75) is 13.2 Å². The number of aliphatic hydroxyl groups is 2. The molecule has 1 heterocycles. The van der Waals surface area contributed by atoms with Crippen molar-refractivity contribution in [1.82, 2.24) is 4.98 Å². The summed E-state index contributed by atoms with van der Waals surface area (Å²) in [6.45, 7) is -0.307. The first kappa shape index (κ1) is 7.97. The van der Waals surface area contributed by atoms with Crippen LogP contribution in [0.2, 0.25) is 0 Å². The summed E-state index contributed by atoms with van der Waals surface area (Å²) in [5, 5.41) is 17.6. The Morgan fingerprint density at radius 2 is 2.00 bits per heavy atom. The minimum Gasteiger partial charge on any atom is -0.397 e. The molecule has 1 aromatic heterocycles. The van der Waals surface area contributed by atoms with E-state index >= 15 is 0 Å². The standard InChI is InChI=1S/C7H10N2O2/c8-7-2-9-1-5(3-10)6(7)4-11/h1-2,10-11H,3-4,8H2. The lowest BCUT2D eigenvalue weighted by Crippen LogP contribution is -2.00. The molecular weight excluding hydrogens is 144 g/mol. The molecule has 0 saturated carbocycles. The first-order valence-corrected chi connectivity index (χ1v) is 3.22. The molecule has 1 rings (SSSR count). The normalized spacial score (nSPS) is 10.0. The van der Waals surface area contributed by atoms with Crippen LogP contribution < -0.4 is 5.73 Å². The van der Waals surface area contributed by atoms with Crippen LogP contribution in [0.15, 0.2) is 12.4 Å². The van der Waals surface area contributed by atoms with Crippen molar-refractivity contribution in [1.29, 1.82) is 0 Å². The van der Waals surface area contributed by atoms with Crippen molar-refractivity contribution < 1.29 is 10.2 Å². The third-order valence-electron chi connectivity index (χ3n) is 1.51. The van der Waals surface area contributed by atoms with Gasteiger partial charge in [-0.25, -0.2) is 0 Å². The number of rotatable bonds is 2. The molecule has 0 amide bonds. The van der Waals surface area contributed by atoms with Gasteiger partial charge in [-0.1, -0.05) is 0 Å². The zero-order chi connectivity index (χ0) is 8.27. The second-order valence-electron chi connectivity index (χ2n) is 2.18. The van der Waals surface area contributed by atoms with Gasteiger partial charge in [0.2, 0.25) is 0 Å². The van der Waals surface area contributed by atoms with Gasteiger partial charge in [0, 0.05) is 17.3 Å². The van der Waals surface area contributed by atoms with Crippen LogP contribution in [0, 0.1) is 0 Å². The van der Waals surface area contributed by atoms with Gasteiger partial charge in [0.05, 0.1) is 25.1 Å². The molecule has 4 nitrogen and oxygen atoms in total. The minimum atomic E-state index is -0.162. The maximum Gasteiger partial charge on any atom is 0.0706 e. The fraction of sp³-hybridized carbons (Fsp3) is 0.286. The topological polar surface area (TPSA) is 79.4 Å². The summed E-state index contributed by atoms with van der Waals surface area (Å²) in [6.07, 6.45) is 2.94. The highest BCUT2D eigenvalue weighted by Crippen LogP contribution is 2.14. The van der Waals surface area contributed by atoms with E-state index in [0.29, 0.717) is 16.8 Å². The van der Waals surface area contributed by atoms with Crippen molar-refractivity contribution in [3.8, 4) is 0 Å². The van der Waals surface area contributed by atoms with Gasteiger partial charge in [-0.05, 0) is 0 Å². The van der Waals surface area contributed by atoms with E-state index in [0.717, 1.165) is 0 Å². The summed E-state index contributed by atoms with van der Waals surface area (Å²) in [6, 6.07) is 0. The molecule has 0 aliphatic carbocycles. The number of nitrogen functional groups attached to an aromatic ring is 1. The fourth-order valence-electron chi connectivity index (χ4n) is 0.878. The number of hydrogen-bond acceptors (Lipinski definition) is 4. The smallest absolute Gasteiger partial charge is 0.0706 e. The summed E-state index contributed by atoms with van der Waals surface area (Å²) < 4.78 is 0. The number of nitrogens with two attached hydrogens (primary N) is 1. The lowest BCUT2D eigenvalue weighted by molar-refractivity contribution is 0.260. The van der Waals surface area contributed by atoms with Crippen LogP contribution in [0.3, 0.4) is 0 Å². The third-order valence-corrected chi connectivity index (χ3v) is 1.51. The van der Waals surface area contributed by atoms with Gasteiger partial charge in [-0.2, -0.15) is 0 Å². The maximum atomic E-state index is 8.81. The number of anilines is 1. The van der Waals surface area contributed by atoms with Crippen molar-refractivity contribution in [2.75, 3.05) is 5.73 Å². The molecule has 0 bridgehead atoms. The second-order valence-corrected chi connectivity index (χ2v) is 2.18. The SMILES string of the molecule is Nc1cncc(CO)c1CO. The monoisotopic (exact) mass is 154 g/mol. The molecule has 0 atom stereocenters. The van der Waals surface area contributed by atoms with Crippen molar-refractivity contribution in [3.63, 3.8) is 0 Å². The van der Waals surface area contributed by atoms with Gasteiger partial charge in [0.1, 0.15) is 0 Å². The highest BCUT2D eigenvalue weighted by Gasteiger charge is 2.03. The predicted octanol–water partition coefficient (Wildman–Crippen LogP) is -0.352. The molecule has 0 aliphatic heterocycles. The molecular formula is C7H10N2O2. The van der Waals surface area contributed by atoms with Crippen LogP contribution in [0.25, 0.3) is 0 Å². The number of aromatic nitrogens is 1. The first-order chi connectivity index (χ1) is 5.29. The Balaban J connectivity index is 3.13. The molecule has 11 heavy (non-hydrogen) atoms. The summed E-state index contributed by atoms with van der Waals surface area (Å²) >= 11 is 0. The largest absolute Gasteiger partial charge is 0.397 e. The number of aliphatic hydroxyl groups excluding tert-OH is 2. The summed E-state index contributed by atoms with van der Waals surface area (Å²) in [5.74, 6) is 0. The Bertz CT molecular complexity index is 250. The van der Waals surface area contributed by atoms with Crippen molar-refractivity contribution in [3.05, 3.63) is 23.5 Å². The Morgan fingerprint density at radius 3 is 2.45 bits per heavy atom. The molecule has 4 N–H and O–H groups in total. The summed E-state index contributed by atoms with van der Waals surface area (Å²) in [7, 11) is 0. The summed E-state index contributed by atoms with van der Waals surface area (Å²) in [4.78, 5) is 3.77. The molecule has 0 saturated heterocycles. The molecule has 60 valence electrons. The Hall–Kier alpha value is -1.13. The fourth-order valence-corrected chi connectivity index (χ4v) is 0.878. The molecule has 0 fully saturated rings. The number of hydrogen-bond donors (Lipinski definition) is 3. The van der Waals surface area contributed by atoms with E-state index in [1.807, 2.05) is 0 Å². The van der Waals surface area contributed by atoms with Crippen LogP contribution >= 0.6 is 0 Å². The van der Waals surface area contributed by atoms with Crippen molar-refractivity contribution >= 4 is 5.69 Å². The van der Waals surface area contributed by atoms with E-state index in [2.05, 4.69) is 4.98 Å². The zero-order valence-electron chi connectivity index (χ0n) is 5.99. The van der Waals surface area contributed by atoms with E-state index in [4.69, 9.17) is 15.9 Å². The minimum absolute atomic E-state index is 0.145. The molecule has 0 aromatic carbocycles. The lowest BCUT2D eigenvalue weighted by atomic mass is 10.1. The van der Waals surface area contributed by atoms with Gasteiger partial charge in [-0.3, -0.25) is 4.98 Å². The number of nitrogens with zero attached hydrogens (tertiary/aromatic N) is 1. The molecule has 4 heteroatoms. The van der Waals surface area contributed by atoms with E-state index in [-0.39, 0.29) is 13.2 Å². The van der Waals surface area contributed by atoms with Crippen LogP contribution in [0.1, 0.15) is 11.1 Å². The molecule has 0 unspecified atom stereocenters. The molecule has 0 spiro atoms. The highest BCUT2D eigenvalue weighted by atomic mass is 16.3. The second kappa shape index (κ2) is 3.32. The first-order valence-electron chi connectivity index (χ1n) is 3.22. The maximum absolute atomic E-state index is 8.81. The van der Waals surface area contributed by atoms with Crippen LogP contribution in [-0.4, -0.2) is 15.2 Å². The molecule has 1 aromatic rings. The Morgan fingerprint density at radius 1 is 1.27 bits per heavy atom. The van der Waals surface area contributed by atoms with Gasteiger partial charge >= 0.3 is 0 Å². The van der Waals surface area contributed by atoms with E-state index in [9.17, 15) is 0 Å². The third kappa shape index (κ3) is 1.47. The lowest BCUT2D eigenvalue weighted by Gasteiger charge is -2.05. The van der Waals surface area contributed by atoms with E-state index in [1.165, 1.54) is 12.4 Å². The van der Waals surface area contributed by atoms with E-state index < -0.39 is 0 Å². The van der Waals surface area contributed by atoms with Crippen LogP contribution in [0.5, 0.6) is 0 Å². The Kier molecular flexibility index (Phi) is 2.40. The Labute approximate surface area is 64.3 Å². The van der Waals surface area contributed by atoms with E-state index in [1.54, 1.807) is 0 Å². The van der Waals surface area contributed by atoms with Crippen LogP contribution in [-0.2, 0) is 13.2 Å². The average molecular weight is 154 g/mol. The van der Waals surface area contributed by atoms with Gasteiger partial charge in [-0.15, -0.1) is 0 Å². The molecule has 0 radical (unpaired) electrons. The average Bonchev–Trinajstić information content (AvgIpc) is 2.04. The summed E-state index contributed by atoms with van der Waals surface area (Å²) in [5.41, 5.74) is 7.02. The van der Waals surface area contributed by atoms with Gasteiger partial charge in [0.15, 0.2) is 0 Å². The quantitative estimate of drug-likeness (QED) is 0.544. The van der Waals surface area contributed by atoms with Gasteiger partial charge < -0.3 is 15.9 Å². The highest BCUT2D eigenvalue weighted by molar-refractivity contribution is 5.47. The zero-order valence-corrected chi connectivity index (χ0v) is 5.99. The molecule has 0 aliphatic rings. The number of pyridine rings is 1.